The number of fused-ring (bicyclic) bond motifs is 2. The van der Waals surface area contributed by atoms with Crippen molar-refractivity contribution in [2.24, 2.45) is 10.8 Å². The average Bonchev–Trinajstić information content (AvgIpc) is 3.79. The summed E-state index contributed by atoms with van der Waals surface area (Å²) < 4.78 is 36.7. The molecule has 0 amide bonds. The van der Waals surface area contributed by atoms with Crippen molar-refractivity contribution >= 4 is 11.9 Å². The third-order valence-electron chi connectivity index (χ3n) is 10.3. The average molecular weight is 547 g/mol. The summed E-state index contributed by atoms with van der Waals surface area (Å²) >= 11 is 0. The lowest BCUT2D eigenvalue weighted by atomic mass is 9.50. The Labute approximate surface area is 227 Å². The van der Waals surface area contributed by atoms with Crippen LogP contribution in [-0.2, 0) is 38.0 Å². The fourth-order valence-corrected chi connectivity index (χ4v) is 7.55. The van der Waals surface area contributed by atoms with E-state index in [-0.39, 0.29) is 37.1 Å². The summed E-state index contributed by atoms with van der Waals surface area (Å²) in [5.41, 5.74) is -1.91. The standard InChI is InChI=1S/C29H38O10/c1-16-11-23(33)35-14-28-10-9-26(3)24(39-26)25(28)38-21-12-20(27(28,4)29(21)15-36-29)37-22(32)8-6-5-7-19(17(2)30)34-13-18(16)31/h5-8,11,17-21,24-25,30-31H,9-10,12-15H2,1-4H3/b7-5+,8-6-,16-11+/t17-,18+,19-,20-,21-,24+,25-,26-,27-,28+,29+/m1/s1. The molecular formula is C29H38O10. The number of aliphatic hydroxyl groups excluding tert-OH is 2. The first-order valence-corrected chi connectivity index (χ1v) is 13.8. The summed E-state index contributed by atoms with van der Waals surface area (Å²) in [7, 11) is 0. The second kappa shape index (κ2) is 9.22. The quantitative estimate of drug-likeness (QED) is 0.368. The molecule has 2 bridgehead atoms. The number of epoxide rings is 2. The Kier molecular flexibility index (Phi) is 6.41. The zero-order chi connectivity index (χ0) is 27.8. The Bertz CT molecular complexity index is 1120. The van der Waals surface area contributed by atoms with Crippen LogP contribution in [0, 0.1) is 10.8 Å². The summed E-state index contributed by atoms with van der Waals surface area (Å²) in [4.78, 5) is 26.0. The van der Waals surface area contributed by atoms with Crippen LogP contribution in [0.2, 0.25) is 0 Å². The first-order valence-electron chi connectivity index (χ1n) is 13.8. The molecule has 2 N–H and O–H groups in total. The van der Waals surface area contributed by atoms with Crippen LogP contribution >= 0.6 is 0 Å². The van der Waals surface area contributed by atoms with Gasteiger partial charge in [-0.25, -0.2) is 9.59 Å². The lowest BCUT2D eigenvalue weighted by molar-refractivity contribution is -0.250. The normalized spacial score (nSPS) is 53.0. The van der Waals surface area contributed by atoms with Crippen molar-refractivity contribution in [1.29, 1.82) is 0 Å². The fraction of sp³-hybridized carbons (Fsp3) is 0.724. The maximum Gasteiger partial charge on any atom is 0.331 e. The number of ether oxygens (including phenoxy) is 6. The van der Waals surface area contributed by atoms with Crippen molar-refractivity contribution in [3.8, 4) is 0 Å². The number of carbonyl (C=O) groups is 2. The third kappa shape index (κ3) is 4.06. The van der Waals surface area contributed by atoms with E-state index in [2.05, 4.69) is 13.8 Å². The van der Waals surface area contributed by atoms with Crippen LogP contribution in [-0.4, -0.2) is 95.9 Å². The molecule has 0 radical (unpaired) electrons. The molecule has 10 heteroatoms. The molecule has 0 aromatic heterocycles. The van der Waals surface area contributed by atoms with E-state index in [9.17, 15) is 19.8 Å². The van der Waals surface area contributed by atoms with Crippen molar-refractivity contribution in [2.75, 3.05) is 19.8 Å². The van der Waals surface area contributed by atoms with E-state index in [1.165, 1.54) is 12.2 Å². The molecule has 0 aromatic rings. The van der Waals surface area contributed by atoms with E-state index >= 15 is 0 Å². The molecule has 4 heterocycles. The SMILES string of the molecule is C/C1=C\C(=O)OC[C@@]23CC[C@@]4(C)O[C@H]4[C@H]2O[C@@H]2C[C@@H](OC(=O)/C=C\C=C\[C@H]([C@@H](C)O)OC[C@@H]1O)[C@@]3(C)[C@]21CO1. The van der Waals surface area contributed by atoms with Gasteiger partial charge in [-0.2, -0.15) is 0 Å². The van der Waals surface area contributed by atoms with E-state index in [0.717, 1.165) is 6.42 Å². The van der Waals surface area contributed by atoms with Crippen LogP contribution < -0.4 is 0 Å². The minimum Gasteiger partial charge on any atom is -0.462 e. The molecule has 6 rings (SSSR count). The van der Waals surface area contributed by atoms with E-state index in [1.807, 2.05) is 0 Å². The van der Waals surface area contributed by atoms with E-state index in [1.54, 1.807) is 32.1 Å². The van der Waals surface area contributed by atoms with E-state index in [4.69, 9.17) is 28.4 Å². The summed E-state index contributed by atoms with van der Waals surface area (Å²) in [6.07, 6.45) is 5.28. The van der Waals surface area contributed by atoms with E-state index in [0.29, 0.717) is 25.0 Å². The van der Waals surface area contributed by atoms with Gasteiger partial charge >= 0.3 is 11.9 Å². The van der Waals surface area contributed by atoms with Gasteiger partial charge in [0.1, 0.15) is 30.5 Å². The van der Waals surface area contributed by atoms with Gasteiger partial charge in [-0.15, -0.1) is 0 Å². The third-order valence-corrected chi connectivity index (χ3v) is 10.3. The summed E-state index contributed by atoms with van der Waals surface area (Å²) in [5, 5.41) is 20.6. The van der Waals surface area contributed by atoms with Gasteiger partial charge < -0.3 is 38.6 Å². The van der Waals surface area contributed by atoms with Crippen LogP contribution in [0.3, 0.4) is 0 Å². The summed E-state index contributed by atoms with van der Waals surface area (Å²) in [5.74, 6) is -1.10. The largest absolute Gasteiger partial charge is 0.462 e. The van der Waals surface area contributed by atoms with Gasteiger partial charge in [0.25, 0.3) is 0 Å². The van der Waals surface area contributed by atoms with Crippen molar-refractivity contribution in [3.05, 3.63) is 36.0 Å². The van der Waals surface area contributed by atoms with Crippen LogP contribution in [0.25, 0.3) is 0 Å². The predicted octanol–water partition coefficient (Wildman–Crippen LogP) is 1.52. The Balaban J connectivity index is 1.37. The number of cyclic esters (lactones) is 1. The number of aliphatic hydroxyl groups is 2. The zero-order valence-corrected chi connectivity index (χ0v) is 22.8. The Morgan fingerprint density at radius 1 is 1.05 bits per heavy atom. The molecule has 4 aliphatic heterocycles. The zero-order valence-electron chi connectivity index (χ0n) is 22.8. The number of carbonyl (C=O) groups excluding carboxylic acids is 2. The maximum absolute atomic E-state index is 13.0. The van der Waals surface area contributed by atoms with Gasteiger partial charge in [0, 0.05) is 24.0 Å². The molecule has 0 unspecified atom stereocenters. The van der Waals surface area contributed by atoms with Crippen molar-refractivity contribution in [1.82, 2.24) is 0 Å². The smallest absolute Gasteiger partial charge is 0.331 e. The molecule has 2 saturated carbocycles. The first-order chi connectivity index (χ1) is 18.5. The predicted molar refractivity (Wildman–Crippen MR) is 135 cm³/mol. The topological polar surface area (TPSA) is 137 Å². The molecule has 0 aromatic carbocycles. The molecular weight excluding hydrogens is 508 g/mol. The number of hydrogen-bond acceptors (Lipinski definition) is 10. The lowest BCUT2D eigenvalue weighted by Gasteiger charge is -2.58. The van der Waals surface area contributed by atoms with Gasteiger partial charge in [-0.3, -0.25) is 0 Å². The highest BCUT2D eigenvalue weighted by molar-refractivity contribution is 5.83. The number of allylic oxidation sites excluding steroid dienone is 2. The van der Waals surface area contributed by atoms with Gasteiger partial charge in [-0.1, -0.05) is 25.2 Å². The number of hydrogen-bond donors (Lipinski definition) is 2. The highest BCUT2D eigenvalue weighted by Gasteiger charge is 2.86. The van der Waals surface area contributed by atoms with Crippen LogP contribution in [0.4, 0.5) is 0 Å². The Hall–Kier alpha value is -2.08. The molecule has 3 saturated heterocycles. The highest BCUT2D eigenvalue weighted by atomic mass is 16.7. The van der Waals surface area contributed by atoms with Crippen LogP contribution in [0.5, 0.6) is 0 Å². The van der Waals surface area contributed by atoms with Crippen LogP contribution in [0.1, 0.15) is 47.0 Å². The molecule has 39 heavy (non-hydrogen) atoms. The second-order valence-corrected chi connectivity index (χ2v) is 12.4. The monoisotopic (exact) mass is 546 g/mol. The first kappa shape index (κ1) is 27.1. The molecule has 2 spiro atoms. The highest BCUT2D eigenvalue weighted by Crippen LogP contribution is 2.75. The minimum absolute atomic E-state index is 0.0356. The molecule has 214 valence electrons. The number of rotatable bonds is 1. The van der Waals surface area contributed by atoms with Crippen molar-refractivity contribution in [3.63, 3.8) is 0 Å². The minimum atomic E-state index is -1.07. The van der Waals surface area contributed by atoms with Crippen molar-refractivity contribution in [2.45, 2.75) is 101 Å². The van der Waals surface area contributed by atoms with Gasteiger partial charge in [0.2, 0.25) is 0 Å². The number of esters is 2. The molecule has 5 fully saturated rings. The van der Waals surface area contributed by atoms with Crippen molar-refractivity contribution < 1.29 is 48.2 Å². The molecule has 6 aliphatic rings. The summed E-state index contributed by atoms with van der Waals surface area (Å²) in [6, 6.07) is 0. The molecule has 10 nitrogen and oxygen atoms in total. The van der Waals surface area contributed by atoms with Gasteiger partial charge in [0.15, 0.2) is 0 Å². The Morgan fingerprint density at radius 3 is 2.54 bits per heavy atom. The maximum atomic E-state index is 13.0. The van der Waals surface area contributed by atoms with Gasteiger partial charge in [-0.05, 0) is 39.2 Å². The van der Waals surface area contributed by atoms with E-state index < -0.39 is 52.8 Å². The van der Waals surface area contributed by atoms with Gasteiger partial charge in [0.05, 0.1) is 48.6 Å². The molecule has 11 atom stereocenters. The molecule has 2 aliphatic carbocycles. The summed E-state index contributed by atoms with van der Waals surface area (Å²) in [6.45, 7) is 7.74. The Morgan fingerprint density at radius 2 is 1.82 bits per heavy atom. The lowest BCUT2D eigenvalue weighted by Crippen LogP contribution is -2.69. The fourth-order valence-electron chi connectivity index (χ4n) is 7.55. The second-order valence-electron chi connectivity index (χ2n) is 12.4. The van der Waals surface area contributed by atoms with Crippen LogP contribution in [0.15, 0.2) is 36.0 Å².